The van der Waals surface area contributed by atoms with Crippen LogP contribution in [0.4, 0.5) is 4.79 Å². The largest absolute Gasteiger partial charge is 0.454 e. The number of amides is 2. The first-order chi connectivity index (χ1) is 16.9. The predicted molar refractivity (Wildman–Crippen MR) is 135 cm³/mol. The van der Waals surface area contributed by atoms with Crippen molar-refractivity contribution in [3.63, 3.8) is 0 Å². The molecule has 0 radical (unpaired) electrons. The fourth-order valence-electron chi connectivity index (χ4n) is 4.34. The number of aromatic nitrogens is 4. The summed E-state index contributed by atoms with van der Waals surface area (Å²) in [6, 6.07) is 3.99. The van der Waals surface area contributed by atoms with E-state index in [2.05, 4.69) is 31.2 Å². The van der Waals surface area contributed by atoms with Crippen molar-refractivity contribution in [1.82, 2.24) is 29.7 Å². The van der Waals surface area contributed by atoms with Gasteiger partial charge in [-0.1, -0.05) is 11.8 Å². The van der Waals surface area contributed by atoms with Crippen molar-refractivity contribution in [1.29, 1.82) is 5.41 Å². The second-order valence-electron chi connectivity index (χ2n) is 9.09. The number of nitrogens with zero attached hydrogens (tertiary/aromatic N) is 4. The molecule has 10 nitrogen and oxygen atoms in total. The van der Waals surface area contributed by atoms with E-state index >= 15 is 0 Å². The third-order valence-electron chi connectivity index (χ3n) is 6.22. The van der Waals surface area contributed by atoms with Crippen LogP contribution in [0.2, 0.25) is 0 Å². The molecule has 12 heteroatoms. The van der Waals surface area contributed by atoms with Crippen LogP contribution >= 0.6 is 27.7 Å². The summed E-state index contributed by atoms with van der Waals surface area (Å²) in [5.74, 6) is 1.96. The zero-order chi connectivity index (χ0) is 24.5. The smallest absolute Gasteiger partial charge is 0.317 e. The monoisotopic (exact) mass is 561 g/mol. The van der Waals surface area contributed by atoms with Crippen molar-refractivity contribution in [3.8, 4) is 11.5 Å². The number of likely N-dealkylation sites (tertiary alicyclic amines) is 1. The van der Waals surface area contributed by atoms with Crippen LogP contribution in [-0.2, 0) is 6.54 Å². The predicted octanol–water partition coefficient (Wildman–Crippen LogP) is 4.10. The number of hydrogen-bond acceptors (Lipinski definition) is 7. The van der Waals surface area contributed by atoms with E-state index in [1.807, 2.05) is 35.4 Å². The SMILES string of the molecule is CC(C)NC(=O)N1CCC(CCn2cnc(=N)c3[nH]c(Sc4cc5c(cc4Br)OCO5)nc32)CC1. The molecule has 2 aromatic heterocycles. The highest BCUT2D eigenvalue weighted by Crippen LogP contribution is 2.42. The number of benzene rings is 1. The van der Waals surface area contributed by atoms with Crippen LogP contribution in [-0.4, -0.2) is 56.4 Å². The zero-order valence-corrected chi connectivity index (χ0v) is 22.0. The van der Waals surface area contributed by atoms with Crippen LogP contribution in [0.3, 0.4) is 0 Å². The summed E-state index contributed by atoms with van der Waals surface area (Å²) in [7, 11) is 0. The molecule has 0 aliphatic carbocycles. The fourth-order valence-corrected chi connectivity index (χ4v) is 5.72. The molecule has 5 rings (SSSR count). The number of carbonyl (C=O) groups excluding carboxylic acids is 1. The van der Waals surface area contributed by atoms with Gasteiger partial charge in [0, 0.05) is 35.0 Å². The molecule has 0 atom stereocenters. The zero-order valence-electron chi connectivity index (χ0n) is 19.6. The molecule has 0 bridgehead atoms. The summed E-state index contributed by atoms with van der Waals surface area (Å²) in [6.45, 7) is 6.49. The van der Waals surface area contributed by atoms with E-state index in [1.165, 1.54) is 11.8 Å². The number of ether oxygens (including phenoxy) is 2. The molecule has 1 aromatic carbocycles. The average Bonchev–Trinajstić information content (AvgIpc) is 3.46. The second kappa shape index (κ2) is 10.1. The van der Waals surface area contributed by atoms with Gasteiger partial charge in [-0.3, -0.25) is 5.41 Å². The summed E-state index contributed by atoms with van der Waals surface area (Å²) in [5, 5.41) is 11.9. The fraction of sp³-hybridized carbons (Fsp3) is 0.478. The number of fused-ring (bicyclic) bond motifs is 2. The second-order valence-corrected chi connectivity index (χ2v) is 11.0. The molecule has 4 heterocycles. The molecular weight excluding hydrogens is 534 g/mol. The normalized spacial score (nSPS) is 15.8. The van der Waals surface area contributed by atoms with Crippen molar-refractivity contribution in [3.05, 3.63) is 28.4 Å². The Morgan fingerprint density at radius 1 is 1.31 bits per heavy atom. The Morgan fingerprint density at radius 3 is 2.80 bits per heavy atom. The minimum atomic E-state index is 0.0282. The van der Waals surface area contributed by atoms with E-state index in [4.69, 9.17) is 19.9 Å². The molecule has 3 aromatic rings. The Kier molecular flexibility index (Phi) is 6.92. The van der Waals surface area contributed by atoms with Crippen molar-refractivity contribution < 1.29 is 14.3 Å². The minimum absolute atomic E-state index is 0.0282. The molecule has 35 heavy (non-hydrogen) atoms. The molecule has 2 aliphatic rings. The van der Waals surface area contributed by atoms with Crippen molar-refractivity contribution in [2.45, 2.75) is 55.7 Å². The van der Waals surface area contributed by atoms with Crippen molar-refractivity contribution in [2.24, 2.45) is 5.92 Å². The van der Waals surface area contributed by atoms with Gasteiger partial charge in [-0.2, -0.15) is 0 Å². The number of rotatable bonds is 6. The number of urea groups is 1. The minimum Gasteiger partial charge on any atom is -0.454 e. The average molecular weight is 562 g/mol. The molecular formula is C23H28BrN7O3S. The van der Waals surface area contributed by atoms with Gasteiger partial charge in [-0.25, -0.2) is 14.8 Å². The lowest BCUT2D eigenvalue weighted by molar-refractivity contribution is 0.164. The third kappa shape index (κ3) is 5.27. The number of hydrogen-bond donors (Lipinski definition) is 3. The number of aryl methyl sites for hydroxylation is 1. The standard InChI is InChI=1S/C23H28BrN7O3S/c1-13(2)27-23(32)30-6-3-14(4-7-30)5-8-31-11-26-20(25)19-21(31)29-22(28-19)35-18-10-17-16(9-15(18)24)33-12-34-17/h9-11,13-14,25H,3-8,12H2,1-2H3,(H,27,32)(H,28,29). The maximum Gasteiger partial charge on any atom is 0.317 e. The summed E-state index contributed by atoms with van der Waals surface area (Å²) < 4.78 is 13.8. The van der Waals surface area contributed by atoms with Gasteiger partial charge in [0.1, 0.15) is 5.52 Å². The van der Waals surface area contributed by atoms with E-state index in [0.29, 0.717) is 28.1 Å². The molecule has 0 unspecified atom stereocenters. The molecule has 0 spiro atoms. The van der Waals surface area contributed by atoms with Gasteiger partial charge in [0.25, 0.3) is 0 Å². The van der Waals surface area contributed by atoms with Gasteiger partial charge in [0.05, 0.1) is 6.33 Å². The number of aromatic amines is 1. The first-order valence-electron chi connectivity index (χ1n) is 11.7. The van der Waals surface area contributed by atoms with Crippen LogP contribution in [0.15, 0.2) is 33.0 Å². The van der Waals surface area contributed by atoms with Crippen molar-refractivity contribution >= 4 is 44.9 Å². The highest BCUT2D eigenvalue weighted by molar-refractivity contribution is 9.10. The Morgan fingerprint density at radius 2 is 2.06 bits per heavy atom. The third-order valence-corrected chi connectivity index (χ3v) is 8.09. The van der Waals surface area contributed by atoms with Gasteiger partial charge in [0.2, 0.25) is 6.79 Å². The molecule has 2 amide bonds. The highest BCUT2D eigenvalue weighted by Gasteiger charge is 2.23. The molecule has 3 N–H and O–H groups in total. The van der Waals surface area contributed by atoms with Crippen molar-refractivity contribution in [2.75, 3.05) is 19.9 Å². The molecule has 0 saturated carbocycles. The van der Waals surface area contributed by atoms with Crippen LogP contribution < -0.4 is 20.3 Å². The van der Waals surface area contributed by atoms with E-state index in [1.54, 1.807) is 6.33 Å². The van der Waals surface area contributed by atoms with Gasteiger partial charge in [0.15, 0.2) is 27.8 Å². The number of imidazole rings is 1. The van der Waals surface area contributed by atoms with E-state index in [9.17, 15) is 4.79 Å². The summed E-state index contributed by atoms with van der Waals surface area (Å²) in [5.41, 5.74) is 1.51. The van der Waals surface area contributed by atoms with Crippen LogP contribution in [0.1, 0.15) is 33.1 Å². The first-order valence-corrected chi connectivity index (χ1v) is 13.3. The molecule has 1 saturated heterocycles. The van der Waals surface area contributed by atoms with Gasteiger partial charge >= 0.3 is 6.03 Å². The van der Waals surface area contributed by atoms with Gasteiger partial charge in [-0.15, -0.1) is 0 Å². The number of piperidine rings is 1. The van der Waals surface area contributed by atoms with Crippen LogP contribution in [0.25, 0.3) is 11.2 Å². The van der Waals surface area contributed by atoms with E-state index in [-0.39, 0.29) is 24.4 Å². The van der Waals surface area contributed by atoms with E-state index < -0.39 is 0 Å². The maximum atomic E-state index is 12.2. The lowest BCUT2D eigenvalue weighted by Crippen LogP contribution is -2.46. The number of nitrogens with one attached hydrogen (secondary N) is 3. The quantitative estimate of drug-likeness (QED) is 0.416. The molecule has 2 aliphatic heterocycles. The topological polar surface area (TPSA) is 121 Å². The lowest BCUT2D eigenvalue weighted by Gasteiger charge is -2.32. The summed E-state index contributed by atoms with van der Waals surface area (Å²) in [6.07, 6.45) is 4.64. The molecule has 1 fully saturated rings. The summed E-state index contributed by atoms with van der Waals surface area (Å²) >= 11 is 5.05. The Labute approximate surface area is 215 Å². The van der Waals surface area contributed by atoms with Gasteiger partial charge in [-0.05, 0) is 67.1 Å². The summed E-state index contributed by atoms with van der Waals surface area (Å²) in [4.78, 5) is 27.4. The maximum absolute atomic E-state index is 12.2. The van der Waals surface area contributed by atoms with Gasteiger partial charge < -0.3 is 29.2 Å². The number of halogens is 1. The Balaban J connectivity index is 1.26. The molecule has 186 valence electrons. The Bertz CT molecular complexity index is 1300. The number of carbonyl (C=O) groups is 1. The van der Waals surface area contributed by atoms with Crippen LogP contribution in [0.5, 0.6) is 11.5 Å². The lowest BCUT2D eigenvalue weighted by atomic mass is 9.93. The van der Waals surface area contributed by atoms with Crippen LogP contribution in [0, 0.1) is 11.3 Å². The highest BCUT2D eigenvalue weighted by atomic mass is 79.9. The Hall–Kier alpha value is -2.73. The van der Waals surface area contributed by atoms with E-state index in [0.717, 1.165) is 53.9 Å². The number of H-pyrrole nitrogens is 1. The first kappa shape index (κ1) is 24.0.